The zero-order valence-electron chi connectivity index (χ0n) is 25.6. The van der Waals surface area contributed by atoms with E-state index in [0.29, 0.717) is 11.3 Å². The molecule has 2 amide bonds. The molecule has 1 aromatic carbocycles. The Kier molecular flexibility index (Phi) is 7.72. The minimum atomic E-state index is -4.43. The molecular formula is C31H35ClF3N5O6. The number of ether oxygens (including phenoxy) is 1. The number of carboxylic acid groups (broad SMARTS) is 1. The first-order chi connectivity index (χ1) is 21.4. The molecule has 1 saturated carbocycles. The van der Waals surface area contributed by atoms with Gasteiger partial charge in [0, 0.05) is 18.8 Å². The summed E-state index contributed by atoms with van der Waals surface area (Å²) >= 11 is 6.57. The number of hydrogen-bond acceptors (Lipinski definition) is 6. The van der Waals surface area contributed by atoms with E-state index in [1.54, 1.807) is 28.8 Å². The van der Waals surface area contributed by atoms with Crippen LogP contribution >= 0.6 is 11.6 Å². The molecule has 15 heteroatoms. The van der Waals surface area contributed by atoms with E-state index < -0.39 is 52.3 Å². The van der Waals surface area contributed by atoms with Crippen molar-refractivity contribution in [2.75, 3.05) is 26.2 Å². The van der Waals surface area contributed by atoms with Crippen molar-refractivity contribution < 1.29 is 37.7 Å². The predicted molar refractivity (Wildman–Crippen MR) is 161 cm³/mol. The second-order valence-corrected chi connectivity index (χ2v) is 13.9. The van der Waals surface area contributed by atoms with Crippen LogP contribution in [0.15, 0.2) is 41.5 Å². The largest absolute Gasteiger partial charge is 0.465 e. The van der Waals surface area contributed by atoms with Crippen LogP contribution in [0.2, 0.25) is 5.15 Å². The molecule has 0 radical (unpaired) electrons. The van der Waals surface area contributed by atoms with Gasteiger partial charge in [-0.15, -0.1) is 0 Å². The van der Waals surface area contributed by atoms with Gasteiger partial charge in [0.05, 0.1) is 53.7 Å². The number of hydrogen-bond donors (Lipinski definition) is 2. The van der Waals surface area contributed by atoms with E-state index in [4.69, 9.17) is 16.3 Å². The normalized spacial score (nSPS) is 25.9. The number of morpholine rings is 1. The molecule has 3 aromatic rings. The van der Waals surface area contributed by atoms with E-state index >= 15 is 0 Å². The Hall–Kier alpha value is -3.62. The van der Waals surface area contributed by atoms with Crippen molar-refractivity contribution in [2.24, 2.45) is 11.3 Å². The monoisotopic (exact) mass is 665 g/mol. The molecule has 1 aliphatic carbocycles. The van der Waals surface area contributed by atoms with Crippen LogP contribution in [0.25, 0.3) is 16.7 Å². The van der Waals surface area contributed by atoms with Crippen LogP contribution < -0.4 is 5.56 Å². The zero-order chi connectivity index (χ0) is 33.4. The molecule has 2 aromatic heterocycles. The van der Waals surface area contributed by atoms with Gasteiger partial charge in [0.25, 0.3) is 5.56 Å². The third-order valence-corrected chi connectivity index (χ3v) is 9.93. The fourth-order valence-corrected chi connectivity index (χ4v) is 7.06. The van der Waals surface area contributed by atoms with Crippen LogP contribution in [0.3, 0.4) is 0 Å². The quantitative estimate of drug-likeness (QED) is 0.407. The summed E-state index contributed by atoms with van der Waals surface area (Å²) in [5.74, 6) is -2.21. The summed E-state index contributed by atoms with van der Waals surface area (Å²) in [6, 6.07) is 8.06. The Labute approximate surface area is 267 Å². The number of alkyl halides is 3. The first-order valence-corrected chi connectivity index (χ1v) is 15.4. The lowest BCUT2D eigenvalue weighted by Gasteiger charge is -2.42. The Bertz CT molecular complexity index is 1750. The number of aromatic nitrogens is 3. The number of fused-ring (bicyclic) bond motifs is 1. The molecule has 3 fully saturated rings. The van der Waals surface area contributed by atoms with Crippen molar-refractivity contribution in [3.8, 4) is 5.69 Å². The lowest BCUT2D eigenvalue weighted by Crippen LogP contribution is -2.51. The standard InChI is InChI=1S/C31H35ClF3N5O6/c1-28(2)15-39(27(43)44)21(14-46-28)18-4-6-19(7-5-18)40-23(32)12-20-24(40)36-17-38(25(20)41)16-30(45)8-10-37(11-9-30)26(42)29(3)13-22(29)31(33,34)35/h4-7,12,17,21-22,45H,8-11,13-16H2,1-3H3,(H,43,44)/t21?,22-,29-/m0/s1. The fourth-order valence-electron chi connectivity index (χ4n) is 6.77. The fraction of sp³-hybridized carbons (Fsp3) is 0.548. The van der Waals surface area contributed by atoms with Crippen molar-refractivity contribution in [1.82, 2.24) is 23.9 Å². The number of aliphatic hydroxyl groups is 1. The summed E-state index contributed by atoms with van der Waals surface area (Å²) in [5, 5.41) is 21.5. The minimum Gasteiger partial charge on any atom is -0.465 e. The number of amides is 2. The molecule has 2 aliphatic heterocycles. The number of nitrogens with zero attached hydrogens (tertiary/aromatic N) is 5. The van der Waals surface area contributed by atoms with Gasteiger partial charge in [0.15, 0.2) is 5.65 Å². The van der Waals surface area contributed by atoms with Crippen molar-refractivity contribution in [3.05, 3.63) is 57.7 Å². The predicted octanol–water partition coefficient (Wildman–Crippen LogP) is 4.61. The van der Waals surface area contributed by atoms with Crippen molar-refractivity contribution in [3.63, 3.8) is 0 Å². The molecule has 0 spiro atoms. The summed E-state index contributed by atoms with van der Waals surface area (Å²) in [6.07, 6.45) is -4.21. The number of piperidine rings is 1. The second-order valence-electron chi connectivity index (χ2n) is 13.5. The van der Waals surface area contributed by atoms with E-state index in [2.05, 4.69) is 4.98 Å². The number of benzene rings is 1. The van der Waals surface area contributed by atoms with E-state index in [9.17, 15) is 37.8 Å². The third-order valence-electron chi connectivity index (χ3n) is 9.65. The Morgan fingerprint density at radius 3 is 2.37 bits per heavy atom. The van der Waals surface area contributed by atoms with Crippen LogP contribution in [0.1, 0.15) is 51.6 Å². The lowest BCUT2D eigenvalue weighted by molar-refractivity contribution is -0.165. The summed E-state index contributed by atoms with van der Waals surface area (Å²) in [6.45, 7) is 5.46. The van der Waals surface area contributed by atoms with Crippen molar-refractivity contribution >= 4 is 34.6 Å². The number of carbonyl (C=O) groups excluding carboxylic acids is 1. The second kappa shape index (κ2) is 11.0. The van der Waals surface area contributed by atoms with Gasteiger partial charge in [0.2, 0.25) is 5.91 Å². The molecule has 11 nitrogen and oxygen atoms in total. The smallest absolute Gasteiger partial charge is 0.407 e. The first-order valence-electron chi connectivity index (χ1n) is 15.0. The first kappa shape index (κ1) is 32.3. The molecule has 6 rings (SSSR count). The highest BCUT2D eigenvalue weighted by Gasteiger charge is 2.68. The average Bonchev–Trinajstić information content (AvgIpc) is 3.59. The van der Waals surface area contributed by atoms with Gasteiger partial charge in [-0.1, -0.05) is 30.7 Å². The third kappa shape index (κ3) is 5.75. The van der Waals surface area contributed by atoms with Gasteiger partial charge >= 0.3 is 12.3 Å². The van der Waals surface area contributed by atoms with Crippen LogP contribution in [0, 0.1) is 11.3 Å². The van der Waals surface area contributed by atoms with Crippen LogP contribution in [-0.2, 0) is 16.1 Å². The Morgan fingerprint density at radius 2 is 1.78 bits per heavy atom. The van der Waals surface area contributed by atoms with Crippen molar-refractivity contribution in [1.29, 1.82) is 0 Å². The number of carbonyl (C=O) groups is 2. The van der Waals surface area contributed by atoms with Crippen LogP contribution in [-0.4, -0.2) is 89.8 Å². The maximum absolute atomic E-state index is 13.5. The Morgan fingerprint density at radius 1 is 1.13 bits per heavy atom. The van der Waals surface area contributed by atoms with Gasteiger partial charge in [-0.2, -0.15) is 13.2 Å². The maximum atomic E-state index is 13.5. The van der Waals surface area contributed by atoms with Gasteiger partial charge in [-0.25, -0.2) is 9.78 Å². The van der Waals surface area contributed by atoms with Crippen LogP contribution in [0.5, 0.6) is 0 Å². The highest BCUT2D eigenvalue weighted by atomic mass is 35.5. The maximum Gasteiger partial charge on any atom is 0.407 e. The SMILES string of the molecule is CC1(C)CN(C(=O)O)C(c2ccc(-n3c(Cl)cc4c(=O)n(CC5(O)CCN(C(=O)[C@@]6(C)C[C@@H]6C(F)(F)F)CC5)cnc43)cc2)CO1. The van der Waals surface area contributed by atoms with E-state index in [-0.39, 0.29) is 62.6 Å². The molecule has 248 valence electrons. The van der Waals surface area contributed by atoms with Crippen LogP contribution in [0.4, 0.5) is 18.0 Å². The molecule has 0 bridgehead atoms. The summed E-state index contributed by atoms with van der Waals surface area (Å²) in [7, 11) is 0. The van der Waals surface area contributed by atoms with Gasteiger partial charge in [-0.3, -0.25) is 23.6 Å². The number of rotatable bonds is 5. The number of halogens is 4. The lowest BCUT2D eigenvalue weighted by atomic mass is 9.90. The Balaban J connectivity index is 1.17. The van der Waals surface area contributed by atoms with E-state index in [1.807, 2.05) is 13.8 Å². The summed E-state index contributed by atoms with van der Waals surface area (Å²) in [5.41, 5.74) is -2.25. The molecular weight excluding hydrogens is 631 g/mol. The highest BCUT2D eigenvalue weighted by Crippen LogP contribution is 2.61. The van der Waals surface area contributed by atoms with Gasteiger partial charge in [-0.05, 0) is 56.9 Å². The zero-order valence-corrected chi connectivity index (χ0v) is 26.3. The molecule has 46 heavy (non-hydrogen) atoms. The summed E-state index contributed by atoms with van der Waals surface area (Å²) < 4.78 is 48.2. The topological polar surface area (TPSA) is 130 Å². The molecule has 1 unspecified atom stereocenters. The molecule has 4 heterocycles. The van der Waals surface area contributed by atoms with E-state index in [1.165, 1.54) is 33.7 Å². The molecule has 3 aliphatic rings. The van der Waals surface area contributed by atoms with Gasteiger partial charge < -0.3 is 19.8 Å². The number of likely N-dealkylation sites (tertiary alicyclic amines) is 1. The van der Waals surface area contributed by atoms with Gasteiger partial charge in [0.1, 0.15) is 11.5 Å². The average molecular weight is 666 g/mol. The summed E-state index contributed by atoms with van der Waals surface area (Å²) in [4.78, 5) is 45.5. The minimum absolute atomic E-state index is 0.0765. The van der Waals surface area contributed by atoms with Crippen molar-refractivity contribution in [2.45, 2.75) is 70.0 Å². The molecule has 2 N–H and O–H groups in total. The molecule has 2 saturated heterocycles. The highest BCUT2D eigenvalue weighted by molar-refractivity contribution is 6.31. The van der Waals surface area contributed by atoms with E-state index in [0.717, 1.165) is 5.56 Å². The molecule has 3 atom stereocenters.